The van der Waals surface area contributed by atoms with Crippen molar-refractivity contribution in [3.05, 3.63) is 41.6 Å². The van der Waals surface area contributed by atoms with Gasteiger partial charge in [0.1, 0.15) is 5.54 Å². The lowest BCUT2D eigenvalue weighted by Crippen LogP contribution is -2.49. The number of pyridine rings is 1. The normalized spacial score (nSPS) is 14.8. The number of amides is 1. The van der Waals surface area contributed by atoms with Gasteiger partial charge in [0.15, 0.2) is 0 Å². The highest BCUT2D eigenvalue weighted by Gasteiger charge is 2.31. The van der Waals surface area contributed by atoms with Gasteiger partial charge in [-0.25, -0.2) is 4.79 Å². The minimum atomic E-state index is -1.32. The van der Waals surface area contributed by atoms with Crippen molar-refractivity contribution in [2.75, 3.05) is 0 Å². The standard InChI is InChI=1S/C17H18N2O3/c1-17(2,16(21)22)19-15(20)12-9-14(10-7-8-10)18-13-6-4-3-5-11(12)13/h3-6,9-10H,7-8H2,1-2H3,(H,19,20)(H,21,22). The molecule has 1 aromatic carbocycles. The molecular weight excluding hydrogens is 280 g/mol. The smallest absolute Gasteiger partial charge is 0.328 e. The molecule has 0 saturated heterocycles. The number of fused-ring (bicyclic) bond motifs is 1. The van der Waals surface area contributed by atoms with E-state index in [9.17, 15) is 14.7 Å². The van der Waals surface area contributed by atoms with Crippen LogP contribution in [0.5, 0.6) is 0 Å². The van der Waals surface area contributed by atoms with Crippen molar-refractivity contribution in [1.82, 2.24) is 10.3 Å². The Morgan fingerprint density at radius 1 is 1.27 bits per heavy atom. The van der Waals surface area contributed by atoms with Crippen LogP contribution >= 0.6 is 0 Å². The van der Waals surface area contributed by atoms with Crippen molar-refractivity contribution in [1.29, 1.82) is 0 Å². The van der Waals surface area contributed by atoms with E-state index in [0.29, 0.717) is 11.5 Å². The molecule has 1 fully saturated rings. The zero-order valence-corrected chi connectivity index (χ0v) is 12.6. The number of benzene rings is 1. The number of nitrogens with one attached hydrogen (secondary N) is 1. The summed E-state index contributed by atoms with van der Waals surface area (Å²) >= 11 is 0. The number of hydrogen-bond acceptors (Lipinski definition) is 3. The molecule has 0 radical (unpaired) electrons. The van der Waals surface area contributed by atoms with E-state index in [1.165, 1.54) is 13.8 Å². The van der Waals surface area contributed by atoms with Gasteiger partial charge in [-0.3, -0.25) is 9.78 Å². The van der Waals surface area contributed by atoms with Gasteiger partial charge in [0.25, 0.3) is 5.91 Å². The minimum Gasteiger partial charge on any atom is -0.480 e. The van der Waals surface area contributed by atoms with E-state index in [2.05, 4.69) is 10.3 Å². The molecule has 22 heavy (non-hydrogen) atoms. The van der Waals surface area contributed by atoms with Crippen LogP contribution in [0.4, 0.5) is 0 Å². The molecule has 0 spiro atoms. The molecule has 3 rings (SSSR count). The summed E-state index contributed by atoms with van der Waals surface area (Å²) in [6.07, 6.45) is 2.18. The topological polar surface area (TPSA) is 79.3 Å². The Hall–Kier alpha value is -2.43. The highest BCUT2D eigenvalue weighted by molar-refractivity contribution is 6.07. The Labute approximate surface area is 128 Å². The molecule has 0 bridgehead atoms. The van der Waals surface area contributed by atoms with E-state index in [1.807, 2.05) is 24.3 Å². The third-order valence-electron chi connectivity index (χ3n) is 3.94. The third-order valence-corrected chi connectivity index (χ3v) is 3.94. The van der Waals surface area contributed by atoms with Crippen LogP contribution in [0.25, 0.3) is 10.9 Å². The predicted molar refractivity (Wildman–Crippen MR) is 82.9 cm³/mol. The van der Waals surface area contributed by atoms with E-state index < -0.39 is 11.5 Å². The Balaban J connectivity index is 2.05. The molecule has 1 heterocycles. The molecule has 1 aliphatic rings. The highest BCUT2D eigenvalue weighted by Crippen LogP contribution is 2.40. The van der Waals surface area contributed by atoms with Crippen LogP contribution in [-0.2, 0) is 4.79 Å². The Bertz CT molecular complexity index is 764. The van der Waals surface area contributed by atoms with E-state index in [-0.39, 0.29) is 5.91 Å². The van der Waals surface area contributed by atoms with Gasteiger partial charge < -0.3 is 10.4 Å². The molecule has 1 amide bonds. The maximum atomic E-state index is 12.6. The van der Waals surface area contributed by atoms with Gasteiger partial charge in [-0.15, -0.1) is 0 Å². The molecule has 2 N–H and O–H groups in total. The summed E-state index contributed by atoms with van der Waals surface area (Å²) in [5.74, 6) is -1.03. The fourth-order valence-electron chi connectivity index (χ4n) is 2.38. The zero-order valence-electron chi connectivity index (χ0n) is 12.6. The van der Waals surface area contributed by atoms with Crippen molar-refractivity contribution >= 4 is 22.8 Å². The average Bonchev–Trinajstić information content (AvgIpc) is 3.30. The molecular formula is C17H18N2O3. The average molecular weight is 298 g/mol. The largest absolute Gasteiger partial charge is 0.480 e. The van der Waals surface area contributed by atoms with Gasteiger partial charge in [-0.05, 0) is 38.8 Å². The molecule has 0 atom stereocenters. The molecule has 5 heteroatoms. The number of hydrogen-bond donors (Lipinski definition) is 2. The van der Waals surface area contributed by atoms with Gasteiger partial charge >= 0.3 is 5.97 Å². The SMILES string of the molecule is CC(C)(NC(=O)c1cc(C2CC2)nc2ccccc12)C(=O)O. The maximum Gasteiger partial charge on any atom is 0.328 e. The summed E-state index contributed by atoms with van der Waals surface area (Å²) in [6, 6.07) is 9.24. The summed E-state index contributed by atoms with van der Waals surface area (Å²) in [5, 5.41) is 12.5. The number of rotatable bonds is 4. The van der Waals surface area contributed by atoms with E-state index >= 15 is 0 Å². The molecule has 1 saturated carbocycles. The second kappa shape index (κ2) is 5.09. The van der Waals surface area contributed by atoms with Crippen molar-refractivity contribution in [2.45, 2.75) is 38.1 Å². The molecule has 2 aromatic rings. The monoisotopic (exact) mass is 298 g/mol. The fraction of sp³-hybridized carbons (Fsp3) is 0.353. The first-order chi connectivity index (χ1) is 10.4. The molecule has 0 aliphatic heterocycles. The number of carbonyl (C=O) groups is 2. The summed E-state index contributed by atoms with van der Waals surface area (Å²) in [4.78, 5) is 28.4. The quantitative estimate of drug-likeness (QED) is 0.909. The predicted octanol–water partition coefficient (Wildman–Crippen LogP) is 2.71. The number of aliphatic carboxylic acids is 1. The Kier molecular flexibility index (Phi) is 3.35. The van der Waals surface area contributed by atoms with Crippen molar-refractivity contribution in [3.8, 4) is 0 Å². The lowest BCUT2D eigenvalue weighted by Gasteiger charge is -2.21. The molecule has 0 unspecified atom stereocenters. The second-order valence-electron chi connectivity index (χ2n) is 6.27. The van der Waals surface area contributed by atoms with Crippen LogP contribution < -0.4 is 5.32 Å². The Morgan fingerprint density at radius 3 is 2.59 bits per heavy atom. The third kappa shape index (κ3) is 2.66. The zero-order chi connectivity index (χ0) is 15.9. The van der Waals surface area contributed by atoms with E-state index in [1.54, 1.807) is 6.07 Å². The van der Waals surface area contributed by atoms with Crippen LogP contribution in [0.3, 0.4) is 0 Å². The number of carbonyl (C=O) groups excluding carboxylic acids is 1. The summed E-state index contributed by atoms with van der Waals surface area (Å²) in [5.41, 5.74) is 0.852. The van der Waals surface area contributed by atoms with Crippen LogP contribution in [-0.4, -0.2) is 27.5 Å². The minimum absolute atomic E-state index is 0.382. The van der Waals surface area contributed by atoms with Crippen LogP contribution in [0.15, 0.2) is 30.3 Å². The van der Waals surface area contributed by atoms with Gasteiger partial charge in [-0.1, -0.05) is 18.2 Å². The lowest BCUT2D eigenvalue weighted by atomic mass is 10.0. The molecule has 1 aromatic heterocycles. The fourth-order valence-corrected chi connectivity index (χ4v) is 2.38. The summed E-state index contributed by atoms with van der Waals surface area (Å²) in [6.45, 7) is 2.94. The summed E-state index contributed by atoms with van der Waals surface area (Å²) < 4.78 is 0. The Morgan fingerprint density at radius 2 is 1.95 bits per heavy atom. The van der Waals surface area contributed by atoms with Crippen LogP contribution in [0, 0.1) is 0 Å². The molecule has 5 nitrogen and oxygen atoms in total. The number of nitrogens with zero attached hydrogens (tertiary/aromatic N) is 1. The molecule has 1 aliphatic carbocycles. The van der Waals surface area contributed by atoms with Crippen LogP contribution in [0.2, 0.25) is 0 Å². The highest BCUT2D eigenvalue weighted by atomic mass is 16.4. The van der Waals surface area contributed by atoms with Gasteiger partial charge in [-0.2, -0.15) is 0 Å². The van der Waals surface area contributed by atoms with Crippen molar-refractivity contribution < 1.29 is 14.7 Å². The number of para-hydroxylation sites is 1. The maximum absolute atomic E-state index is 12.6. The second-order valence-corrected chi connectivity index (χ2v) is 6.27. The molecule has 114 valence electrons. The first kappa shape index (κ1) is 14.5. The van der Waals surface area contributed by atoms with Crippen LogP contribution in [0.1, 0.15) is 48.7 Å². The van der Waals surface area contributed by atoms with Gasteiger partial charge in [0, 0.05) is 17.0 Å². The first-order valence-corrected chi connectivity index (χ1v) is 7.34. The first-order valence-electron chi connectivity index (χ1n) is 7.34. The summed E-state index contributed by atoms with van der Waals surface area (Å²) in [7, 11) is 0. The van der Waals surface area contributed by atoms with Gasteiger partial charge in [0.05, 0.1) is 11.1 Å². The van der Waals surface area contributed by atoms with Gasteiger partial charge in [0.2, 0.25) is 0 Å². The number of aromatic nitrogens is 1. The van der Waals surface area contributed by atoms with Crippen molar-refractivity contribution in [2.24, 2.45) is 0 Å². The van der Waals surface area contributed by atoms with E-state index in [0.717, 1.165) is 29.4 Å². The van der Waals surface area contributed by atoms with E-state index in [4.69, 9.17) is 0 Å². The number of carboxylic acid groups (broad SMARTS) is 1. The lowest BCUT2D eigenvalue weighted by molar-refractivity contribution is -0.143. The van der Waals surface area contributed by atoms with Crippen molar-refractivity contribution in [3.63, 3.8) is 0 Å². The number of carboxylic acids is 1.